The van der Waals surface area contributed by atoms with Crippen LogP contribution in [0.5, 0.6) is 5.75 Å². The molecule has 6 nitrogen and oxygen atoms in total. The molecule has 0 saturated carbocycles. The molecule has 0 heterocycles. The lowest BCUT2D eigenvalue weighted by Gasteiger charge is -2.22. The van der Waals surface area contributed by atoms with Crippen LogP contribution >= 0.6 is 0 Å². The Morgan fingerprint density at radius 3 is 2.41 bits per heavy atom. The van der Waals surface area contributed by atoms with E-state index in [1.807, 2.05) is 56.3 Å². The van der Waals surface area contributed by atoms with Crippen LogP contribution in [0.15, 0.2) is 42.5 Å². The standard InChI is InChI=1S/C21H27NO5/c1-14(2)22-12-18(27-21(24)15(3)26-16(4)23)13-25-20-11-7-9-17-8-5-6-10-19(17)20/h5-11,14-15,18,22H,12-13H2,1-4H3. The maximum Gasteiger partial charge on any atom is 0.347 e. The molecule has 2 unspecified atom stereocenters. The number of fused-ring (bicyclic) bond motifs is 1. The van der Waals surface area contributed by atoms with Crippen LogP contribution in [0.1, 0.15) is 27.7 Å². The van der Waals surface area contributed by atoms with Gasteiger partial charge in [0, 0.05) is 24.9 Å². The smallest absolute Gasteiger partial charge is 0.347 e. The van der Waals surface area contributed by atoms with Crippen LogP contribution in [-0.4, -0.2) is 43.3 Å². The van der Waals surface area contributed by atoms with E-state index in [9.17, 15) is 9.59 Å². The zero-order chi connectivity index (χ0) is 19.8. The minimum atomic E-state index is -0.957. The fraction of sp³-hybridized carbons (Fsp3) is 0.429. The van der Waals surface area contributed by atoms with Crippen molar-refractivity contribution in [2.45, 2.75) is 45.9 Å². The first-order valence-corrected chi connectivity index (χ1v) is 9.08. The van der Waals surface area contributed by atoms with Gasteiger partial charge in [-0.25, -0.2) is 4.79 Å². The maximum absolute atomic E-state index is 12.2. The van der Waals surface area contributed by atoms with Crippen LogP contribution in [-0.2, 0) is 19.1 Å². The molecule has 0 fully saturated rings. The van der Waals surface area contributed by atoms with E-state index in [4.69, 9.17) is 14.2 Å². The molecule has 0 aliphatic rings. The van der Waals surface area contributed by atoms with E-state index < -0.39 is 24.1 Å². The molecule has 1 N–H and O–H groups in total. The second-order valence-electron chi connectivity index (χ2n) is 6.66. The molecule has 2 atom stereocenters. The average Bonchev–Trinajstić information content (AvgIpc) is 2.63. The molecule has 2 rings (SSSR count). The van der Waals surface area contributed by atoms with Crippen LogP contribution in [0.2, 0.25) is 0 Å². The van der Waals surface area contributed by atoms with Crippen molar-refractivity contribution < 1.29 is 23.8 Å². The fourth-order valence-electron chi connectivity index (χ4n) is 2.56. The number of benzene rings is 2. The van der Waals surface area contributed by atoms with Crippen molar-refractivity contribution >= 4 is 22.7 Å². The highest BCUT2D eigenvalue weighted by atomic mass is 16.6. The second-order valence-corrected chi connectivity index (χ2v) is 6.66. The molecule has 0 amide bonds. The zero-order valence-corrected chi connectivity index (χ0v) is 16.2. The van der Waals surface area contributed by atoms with E-state index >= 15 is 0 Å². The van der Waals surface area contributed by atoms with Gasteiger partial charge in [0.05, 0.1) is 0 Å². The van der Waals surface area contributed by atoms with Crippen LogP contribution in [0.4, 0.5) is 0 Å². The highest BCUT2D eigenvalue weighted by Gasteiger charge is 2.23. The number of hydrogen-bond donors (Lipinski definition) is 1. The Balaban J connectivity index is 2.05. The third-order valence-electron chi connectivity index (χ3n) is 3.89. The molecule has 27 heavy (non-hydrogen) atoms. The Kier molecular flexibility index (Phi) is 7.61. The van der Waals surface area contributed by atoms with Gasteiger partial charge in [-0.3, -0.25) is 4.79 Å². The van der Waals surface area contributed by atoms with E-state index in [0.717, 1.165) is 16.5 Å². The third kappa shape index (κ3) is 6.57. The number of rotatable bonds is 9. The summed E-state index contributed by atoms with van der Waals surface area (Å²) in [6.45, 7) is 7.37. The number of ether oxygens (including phenoxy) is 3. The Morgan fingerprint density at radius 2 is 1.70 bits per heavy atom. The molecular formula is C21H27NO5. The molecule has 146 valence electrons. The highest BCUT2D eigenvalue weighted by Crippen LogP contribution is 2.25. The zero-order valence-electron chi connectivity index (χ0n) is 16.2. The summed E-state index contributed by atoms with van der Waals surface area (Å²) in [5.41, 5.74) is 0. The molecule has 2 aromatic carbocycles. The quantitative estimate of drug-likeness (QED) is 0.681. The van der Waals surface area contributed by atoms with Gasteiger partial charge in [0.25, 0.3) is 0 Å². The maximum atomic E-state index is 12.2. The summed E-state index contributed by atoms with van der Waals surface area (Å²) in [5, 5.41) is 5.31. The van der Waals surface area contributed by atoms with Gasteiger partial charge in [0.2, 0.25) is 0 Å². The van der Waals surface area contributed by atoms with Crippen molar-refractivity contribution in [3.8, 4) is 5.75 Å². The van der Waals surface area contributed by atoms with Gasteiger partial charge in [-0.05, 0) is 18.4 Å². The Morgan fingerprint density at radius 1 is 1.00 bits per heavy atom. The minimum Gasteiger partial charge on any atom is -0.489 e. The molecule has 0 bridgehead atoms. The van der Waals surface area contributed by atoms with Gasteiger partial charge < -0.3 is 19.5 Å². The summed E-state index contributed by atoms with van der Waals surface area (Å²) in [7, 11) is 0. The molecule has 0 radical (unpaired) electrons. The van der Waals surface area contributed by atoms with Crippen molar-refractivity contribution in [3.63, 3.8) is 0 Å². The molecule has 0 saturated heterocycles. The topological polar surface area (TPSA) is 73.9 Å². The number of carbonyl (C=O) groups is 2. The van der Waals surface area contributed by atoms with E-state index in [0.29, 0.717) is 6.54 Å². The summed E-state index contributed by atoms with van der Waals surface area (Å²) in [6, 6.07) is 14.0. The first-order valence-electron chi connectivity index (χ1n) is 9.08. The van der Waals surface area contributed by atoms with Gasteiger partial charge in [-0.15, -0.1) is 0 Å². The fourth-order valence-corrected chi connectivity index (χ4v) is 2.56. The van der Waals surface area contributed by atoms with Gasteiger partial charge in [0.15, 0.2) is 6.10 Å². The first kappa shape index (κ1) is 20.7. The van der Waals surface area contributed by atoms with E-state index in [2.05, 4.69) is 5.32 Å². The monoisotopic (exact) mass is 373 g/mol. The SMILES string of the molecule is CC(=O)OC(C)C(=O)OC(CNC(C)C)COc1cccc2ccccc12. The van der Waals surface area contributed by atoms with Crippen molar-refractivity contribution in [2.24, 2.45) is 0 Å². The molecule has 2 aromatic rings. The largest absolute Gasteiger partial charge is 0.489 e. The normalized spacial score (nSPS) is 13.2. The first-order chi connectivity index (χ1) is 12.9. The second kappa shape index (κ2) is 9.92. The van der Waals surface area contributed by atoms with E-state index in [1.165, 1.54) is 13.8 Å². The molecular weight excluding hydrogens is 346 g/mol. The van der Waals surface area contributed by atoms with Gasteiger partial charge in [0.1, 0.15) is 18.5 Å². The molecule has 0 aliphatic carbocycles. The Hall–Kier alpha value is -2.60. The molecule has 0 spiro atoms. The van der Waals surface area contributed by atoms with Crippen LogP contribution in [0, 0.1) is 0 Å². The summed E-state index contributed by atoms with van der Waals surface area (Å²) in [6.07, 6.45) is -1.47. The van der Waals surface area contributed by atoms with Crippen LogP contribution < -0.4 is 10.1 Å². The van der Waals surface area contributed by atoms with Crippen molar-refractivity contribution in [1.29, 1.82) is 0 Å². The lowest BCUT2D eigenvalue weighted by Crippen LogP contribution is -2.40. The number of esters is 2. The molecule has 0 aliphatic heterocycles. The van der Waals surface area contributed by atoms with Gasteiger partial charge in [-0.1, -0.05) is 50.2 Å². The van der Waals surface area contributed by atoms with Crippen molar-refractivity contribution in [1.82, 2.24) is 5.32 Å². The highest BCUT2D eigenvalue weighted by molar-refractivity contribution is 5.88. The summed E-state index contributed by atoms with van der Waals surface area (Å²) in [4.78, 5) is 23.2. The summed E-state index contributed by atoms with van der Waals surface area (Å²) >= 11 is 0. The average molecular weight is 373 g/mol. The number of carbonyl (C=O) groups excluding carboxylic acids is 2. The van der Waals surface area contributed by atoms with Gasteiger partial charge >= 0.3 is 11.9 Å². The summed E-state index contributed by atoms with van der Waals surface area (Å²) < 4.78 is 16.3. The summed E-state index contributed by atoms with van der Waals surface area (Å²) in [5.74, 6) is -0.391. The minimum absolute atomic E-state index is 0.187. The molecule has 6 heteroatoms. The lowest BCUT2D eigenvalue weighted by molar-refractivity contribution is -0.170. The predicted octanol–water partition coefficient (Wildman–Crippen LogP) is 3.08. The van der Waals surface area contributed by atoms with Crippen LogP contribution in [0.3, 0.4) is 0 Å². The Bertz CT molecular complexity index is 769. The molecule has 0 aromatic heterocycles. The Labute approximate surface area is 159 Å². The van der Waals surface area contributed by atoms with Crippen molar-refractivity contribution in [3.05, 3.63) is 42.5 Å². The van der Waals surface area contributed by atoms with E-state index in [1.54, 1.807) is 0 Å². The third-order valence-corrected chi connectivity index (χ3v) is 3.89. The van der Waals surface area contributed by atoms with Crippen LogP contribution in [0.25, 0.3) is 10.8 Å². The predicted molar refractivity (Wildman–Crippen MR) is 104 cm³/mol. The number of nitrogens with one attached hydrogen (secondary N) is 1. The van der Waals surface area contributed by atoms with Gasteiger partial charge in [-0.2, -0.15) is 0 Å². The lowest BCUT2D eigenvalue weighted by atomic mass is 10.1. The van der Waals surface area contributed by atoms with Crippen molar-refractivity contribution in [2.75, 3.05) is 13.2 Å². The van der Waals surface area contributed by atoms with E-state index in [-0.39, 0.29) is 12.6 Å². The number of hydrogen-bond acceptors (Lipinski definition) is 6.